The van der Waals surface area contributed by atoms with E-state index in [1.807, 2.05) is 25.7 Å². The molecule has 0 aliphatic carbocycles. The topological polar surface area (TPSA) is 118 Å². The Morgan fingerprint density at radius 2 is 1.78 bits per heavy atom. The predicted molar refractivity (Wildman–Crippen MR) is 134 cm³/mol. The van der Waals surface area contributed by atoms with E-state index in [9.17, 15) is 23.2 Å². The normalized spacial score (nSPS) is 15.4. The highest BCUT2D eigenvalue weighted by atomic mass is 19.2. The van der Waals surface area contributed by atoms with E-state index in [1.165, 1.54) is 18.3 Å². The van der Waals surface area contributed by atoms with E-state index in [-0.39, 0.29) is 18.4 Å². The fourth-order valence-electron chi connectivity index (χ4n) is 3.00. The van der Waals surface area contributed by atoms with Crippen molar-refractivity contribution in [2.75, 3.05) is 37.7 Å². The smallest absolute Gasteiger partial charge is 0.410 e. The predicted octanol–water partition coefficient (Wildman–Crippen LogP) is 3.63. The SMILES string of the molecule is CC1CN(C)CCN1C(=O)OC(C)(C)C.Cc1cc(NC(=O)C=O)cnc1N.Fc1ccccc1F. The van der Waals surface area contributed by atoms with E-state index >= 15 is 0 Å². The quantitative estimate of drug-likeness (QED) is 0.471. The van der Waals surface area contributed by atoms with Crippen LogP contribution in [0.3, 0.4) is 0 Å². The van der Waals surface area contributed by atoms with Gasteiger partial charge in [-0.25, -0.2) is 18.6 Å². The molecule has 36 heavy (non-hydrogen) atoms. The molecule has 1 unspecified atom stereocenters. The first-order chi connectivity index (χ1) is 16.7. The number of likely N-dealkylation sites (N-methyl/N-ethyl adjacent to an activating group) is 1. The second-order valence-corrected chi connectivity index (χ2v) is 9.23. The molecular formula is C25H35F2N5O4. The summed E-state index contributed by atoms with van der Waals surface area (Å²) in [4.78, 5) is 40.3. The number of rotatable bonds is 2. The second kappa shape index (κ2) is 14.1. The number of aryl methyl sites for hydroxylation is 1. The summed E-state index contributed by atoms with van der Waals surface area (Å²) in [7, 11) is 2.07. The van der Waals surface area contributed by atoms with Crippen LogP contribution < -0.4 is 11.1 Å². The number of nitrogens with zero attached hydrogens (tertiary/aromatic N) is 3. The van der Waals surface area contributed by atoms with Crippen molar-refractivity contribution in [3.05, 3.63) is 53.7 Å². The number of anilines is 2. The number of aromatic nitrogens is 1. The van der Waals surface area contributed by atoms with Crippen LogP contribution in [-0.4, -0.2) is 71.4 Å². The van der Waals surface area contributed by atoms with Gasteiger partial charge in [-0.1, -0.05) is 12.1 Å². The number of aldehydes is 1. The molecule has 1 aromatic heterocycles. The van der Waals surface area contributed by atoms with Gasteiger partial charge in [-0.15, -0.1) is 0 Å². The third-order valence-corrected chi connectivity index (χ3v) is 4.78. The summed E-state index contributed by atoms with van der Waals surface area (Å²) in [6.45, 7) is 12.1. The Hall–Kier alpha value is -3.60. The van der Waals surface area contributed by atoms with Gasteiger partial charge in [0.15, 0.2) is 11.6 Å². The molecule has 1 aromatic carbocycles. The first kappa shape index (κ1) is 30.4. The Labute approximate surface area is 210 Å². The van der Waals surface area contributed by atoms with Crippen molar-refractivity contribution < 1.29 is 27.9 Å². The highest BCUT2D eigenvalue weighted by Gasteiger charge is 2.29. The molecular weight excluding hydrogens is 472 g/mol. The number of piperazine rings is 1. The minimum atomic E-state index is -0.799. The molecule has 1 atom stereocenters. The fraction of sp³-hybridized carbons (Fsp3) is 0.440. The Kier molecular flexibility index (Phi) is 11.9. The highest BCUT2D eigenvalue weighted by Crippen LogP contribution is 2.15. The summed E-state index contributed by atoms with van der Waals surface area (Å²) >= 11 is 0. The number of amides is 2. The zero-order valence-electron chi connectivity index (χ0n) is 21.5. The Morgan fingerprint density at radius 1 is 1.19 bits per heavy atom. The number of hydrogen-bond donors (Lipinski definition) is 2. The van der Waals surface area contributed by atoms with E-state index in [4.69, 9.17) is 10.5 Å². The Morgan fingerprint density at radius 3 is 2.22 bits per heavy atom. The summed E-state index contributed by atoms with van der Waals surface area (Å²) in [5.74, 6) is -1.89. The van der Waals surface area contributed by atoms with Crippen molar-refractivity contribution in [2.45, 2.75) is 46.3 Å². The van der Waals surface area contributed by atoms with Crippen LogP contribution >= 0.6 is 0 Å². The number of benzene rings is 1. The summed E-state index contributed by atoms with van der Waals surface area (Å²) in [5.41, 5.74) is 6.27. The fourth-order valence-corrected chi connectivity index (χ4v) is 3.00. The van der Waals surface area contributed by atoms with E-state index < -0.39 is 23.1 Å². The molecule has 2 heterocycles. The molecule has 0 spiro atoms. The number of pyridine rings is 1. The molecule has 1 aliphatic heterocycles. The monoisotopic (exact) mass is 507 g/mol. The standard InChI is InChI=1S/C11H22N2O2.C8H9N3O2.C6H4F2/c1-9-8-12(5)6-7-13(9)10(14)15-11(2,3)4;1-5-2-6(3-10-8(5)9)11-7(13)4-12;7-5-3-1-2-4-6(5)8/h9H,6-8H2,1-5H3;2-4H,1H3,(H2,9,10)(H,11,13);1-4H. The van der Waals surface area contributed by atoms with E-state index in [1.54, 1.807) is 13.0 Å². The van der Waals surface area contributed by atoms with Crippen LogP contribution in [0.1, 0.15) is 33.3 Å². The number of carbonyl (C=O) groups excluding carboxylic acids is 3. The maximum Gasteiger partial charge on any atom is 0.410 e. The number of hydrogen-bond acceptors (Lipinski definition) is 7. The van der Waals surface area contributed by atoms with Crippen molar-refractivity contribution in [3.8, 4) is 0 Å². The molecule has 3 N–H and O–H groups in total. The first-order valence-corrected chi connectivity index (χ1v) is 11.3. The Balaban J connectivity index is 0.000000282. The van der Waals surface area contributed by atoms with Crippen LogP contribution in [0, 0.1) is 18.6 Å². The lowest BCUT2D eigenvalue weighted by atomic mass is 10.2. The van der Waals surface area contributed by atoms with Crippen molar-refractivity contribution in [2.24, 2.45) is 0 Å². The third kappa shape index (κ3) is 11.2. The average Bonchev–Trinajstić information content (AvgIpc) is 2.78. The largest absolute Gasteiger partial charge is 0.444 e. The van der Waals surface area contributed by atoms with Gasteiger partial charge in [-0.05, 0) is 65.4 Å². The van der Waals surface area contributed by atoms with Gasteiger partial charge in [0, 0.05) is 25.7 Å². The molecule has 9 nitrogen and oxygen atoms in total. The lowest BCUT2D eigenvalue weighted by Gasteiger charge is -2.38. The molecule has 0 saturated carbocycles. The Bertz CT molecular complexity index is 1010. The molecule has 11 heteroatoms. The maximum atomic E-state index is 11.9. The van der Waals surface area contributed by atoms with E-state index in [0.29, 0.717) is 11.5 Å². The number of nitrogen functional groups attached to an aromatic ring is 1. The summed E-state index contributed by atoms with van der Waals surface area (Å²) in [6.07, 6.45) is 1.40. The van der Waals surface area contributed by atoms with Crippen LogP contribution in [0.2, 0.25) is 0 Å². The zero-order chi connectivity index (χ0) is 27.5. The van der Waals surface area contributed by atoms with Gasteiger partial charge in [0.2, 0.25) is 6.29 Å². The van der Waals surface area contributed by atoms with Gasteiger partial charge in [0.05, 0.1) is 11.9 Å². The molecule has 1 fully saturated rings. The van der Waals surface area contributed by atoms with Gasteiger partial charge < -0.3 is 25.6 Å². The highest BCUT2D eigenvalue weighted by molar-refractivity contribution is 6.29. The lowest BCUT2D eigenvalue weighted by Crippen LogP contribution is -2.53. The summed E-state index contributed by atoms with van der Waals surface area (Å²) in [5, 5.41) is 2.33. The second-order valence-electron chi connectivity index (χ2n) is 9.23. The molecule has 0 radical (unpaired) electrons. The third-order valence-electron chi connectivity index (χ3n) is 4.78. The van der Waals surface area contributed by atoms with Gasteiger partial charge in [0.25, 0.3) is 5.91 Å². The summed E-state index contributed by atoms with van der Waals surface area (Å²) in [6, 6.07) is 6.92. The molecule has 1 aliphatic rings. The van der Waals surface area contributed by atoms with Crippen molar-refractivity contribution in [3.63, 3.8) is 0 Å². The number of nitrogens with one attached hydrogen (secondary N) is 1. The van der Waals surface area contributed by atoms with Crippen LogP contribution in [0.5, 0.6) is 0 Å². The number of ether oxygens (including phenoxy) is 1. The molecule has 2 amide bonds. The van der Waals surface area contributed by atoms with E-state index in [0.717, 1.165) is 37.3 Å². The van der Waals surface area contributed by atoms with Crippen LogP contribution in [0.15, 0.2) is 36.5 Å². The van der Waals surface area contributed by atoms with Crippen LogP contribution in [0.4, 0.5) is 25.1 Å². The first-order valence-electron chi connectivity index (χ1n) is 11.3. The van der Waals surface area contributed by atoms with Gasteiger partial charge in [-0.3, -0.25) is 9.59 Å². The molecule has 3 rings (SSSR count). The molecule has 2 aromatic rings. The van der Waals surface area contributed by atoms with Crippen molar-refractivity contribution in [1.29, 1.82) is 0 Å². The molecule has 1 saturated heterocycles. The number of halogens is 2. The van der Waals surface area contributed by atoms with Crippen LogP contribution in [-0.2, 0) is 14.3 Å². The molecule has 0 bridgehead atoms. The number of carbonyl (C=O) groups is 3. The van der Waals surface area contributed by atoms with E-state index in [2.05, 4.69) is 29.2 Å². The number of nitrogens with two attached hydrogens (primary N) is 1. The minimum Gasteiger partial charge on any atom is -0.444 e. The molecule has 198 valence electrons. The zero-order valence-corrected chi connectivity index (χ0v) is 21.5. The maximum absolute atomic E-state index is 11.9. The van der Waals surface area contributed by atoms with Gasteiger partial charge >= 0.3 is 6.09 Å². The van der Waals surface area contributed by atoms with Crippen molar-refractivity contribution in [1.82, 2.24) is 14.8 Å². The lowest BCUT2D eigenvalue weighted by molar-refractivity contribution is -0.127. The van der Waals surface area contributed by atoms with Crippen LogP contribution in [0.25, 0.3) is 0 Å². The van der Waals surface area contributed by atoms with Gasteiger partial charge in [-0.2, -0.15) is 0 Å². The summed E-state index contributed by atoms with van der Waals surface area (Å²) < 4.78 is 29.2. The average molecular weight is 508 g/mol. The van der Waals surface area contributed by atoms with Gasteiger partial charge in [0.1, 0.15) is 11.4 Å². The van der Waals surface area contributed by atoms with Crippen molar-refractivity contribution >= 4 is 29.8 Å². The minimum absolute atomic E-state index is 0.192.